The molecule has 0 aliphatic rings. The number of pyridine rings is 1. The fourth-order valence-electron chi connectivity index (χ4n) is 3.20. The predicted molar refractivity (Wildman–Crippen MR) is 108 cm³/mol. The molecule has 0 saturated carbocycles. The summed E-state index contributed by atoms with van der Waals surface area (Å²) in [5.74, 6) is -2.27. The molecule has 0 aliphatic carbocycles. The van der Waals surface area contributed by atoms with Crippen LogP contribution in [-0.2, 0) is 11.8 Å². The summed E-state index contributed by atoms with van der Waals surface area (Å²) in [6, 6.07) is 5.70. The fraction of sp³-hybridized carbons (Fsp3) is 0.263. The van der Waals surface area contributed by atoms with Crippen LogP contribution in [0.1, 0.15) is 23.7 Å². The molecule has 1 unspecified atom stereocenters. The number of aromatic nitrogens is 3. The summed E-state index contributed by atoms with van der Waals surface area (Å²) >= 11 is 0. The Hall–Kier alpha value is -3.69. The highest BCUT2D eigenvalue weighted by atomic mass is 19.1. The molecule has 0 fully saturated rings. The SMILES string of the molecule is CCC(C(N)=O)N(C)c1nc(Nc2ccc3c(cnn3C)c2)c(C(N)=O)cc1F. The van der Waals surface area contributed by atoms with E-state index in [-0.39, 0.29) is 17.2 Å². The largest absolute Gasteiger partial charge is 0.368 e. The molecule has 2 aromatic heterocycles. The number of carbonyl (C=O) groups is 2. The van der Waals surface area contributed by atoms with Gasteiger partial charge in [0.25, 0.3) is 5.91 Å². The van der Waals surface area contributed by atoms with Gasteiger partial charge in [-0.2, -0.15) is 5.10 Å². The lowest BCUT2D eigenvalue weighted by Gasteiger charge is -2.26. The number of rotatable bonds is 7. The average molecular weight is 399 g/mol. The third kappa shape index (κ3) is 3.82. The molecule has 0 radical (unpaired) electrons. The highest BCUT2D eigenvalue weighted by Crippen LogP contribution is 2.28. The van der Waals surface area contributed by atoms with Crippen LogP contribution in [0.3, 0.4) is 0 Å². The van der Waals surface area contributed by atoms with Gasteiger partial charge in [0.1, 0.15) is 11.9 Å². The van der Waals surface area contributed by atoms with Crippen molar-refractivity contribution < 1.29 is 14.0 Å². The lowest BCUT2D eigenvalue weighted by atomic mass is 10.1. The third-order valence-corrected chi connectivity index (χ3v) is 4.75. The van der Waals surface area contributed by atoms with Crippen molar-refractivity contribution in [3.63, 3.8) is 0 Å². The van der Waals surface area contributed by atoms with Gasteiger partial charge >= 0.3 is 0 Å². The van der Waals surface area contributed by atoms with E-state index in [9.17, 15) is 14.0 Å². The zero-order valence-corrected chi connectivity index (χ0v) is 16.3. The first-order valence-corrected chi connectivity index (χ1v) is 8.94. The first-order chi connectivity index (χ1) is 13.7. The van der Waals surface area contributed by atoms with Crippen molar-refractivity contribution in [2.75, 3.05) is 17.3 Å². The van der Waals surface area contributed by atoms with Gasteiger partial charge < -0.3 is 21.7 Å². The van der Waals surface area contributed by atoms with Gasteiger partial charge in [-0.25, -0.2) is 9.37 Å². The molecule has 0 saturated heterocycles. The smallest absolute Gasteiger partial charge is 0.252 e. The Morgan fingerprint density at radius 1 is 1.31 bits per heavy atom. The minimum atomic E-state index is -0.836. The number of halogens is 1. The quantitative estimate of drug-likeness (QED) is 0.553. The number of fused-ring (bicyclic) bond motifs is 1. The zero-order chi connectivity index (χ0) is 21.3. The van der Waals surface area contributed by atoms with Crippen molar-refractivity contribution in [2.24, 2.45) is 18.5 Å². The molecule has 0 aliphatic heterocycles. The number of hydrogen-bond acceptors (Lipinski definition) is 6. The molecule has 10 heteroatoms. The van der Waals surface area contributed by atoms with Gasteiger partial charge in [0.15, 0.2) is 11.6 Å². The van der Waals surface area contributed by atoms with Gasteiger partial charge in [0.05, 0.1) is 17.3 Å². The molecule has 1 aromatic carbocycles. The molecule has 0 bridgehead atoms. The molecule has 152 valence electrons. The summed E-state index contributed by atoms with van der Waals surface area (Å²) in [5.41, 5.74) is 12.2. The van der Waals surface area contributed by atoms with Crippen LogP contribution in [0.5, 0.6) is 0 Å². The van der Waals surface area contributed by atoms with Crippen LogP contribution in [0.25, 0.3) is 10.9 Å². The minimum Gasteiger partial charge on any atom is -0.368 e. The molecule has 0 spiro atoms. The predicted octanol–water partition coefficient (Wildman–Crippen LogP) is 1.65. The van der Waals surface area contributed by atoms with Crippen molar-refractivity contribution in [1.82, 2.24) is 14.8 Å². The lowest BCUT2D eigenvalue weighted by molar-refractivity contribution is -0.119. The summed E-state index contributed by atoms with van der Waals surface area (Å²) in [6.07, 6.45) is 2.07. The van der Waals surface area contributed by atoms with Gasteiger partial charge in [-0.05, 0) is 30.7 Å². The van der Waals surface area contributed by atoms with Gasteiger partial charge in [-0.3, -0.25) is 14.3 Å². The molecular weight excluding hydrogens is 377 g/mol. The first kappa shape index (κ1) is 20.1. The van der Waals surface area contributed by atoms with Crippen molar-refractivity contribution in [3.05, 3.63) is 41.8 Å². The first-order valence-electron chi connectivity index (χ1n) is 8.94. The number of aryl methyl sites for hydroxylation is 1. The molecule has 9 nitrogen and oxygen atoms in total. The summed E-state index contributed by atoms with van der Waals surface area (Å²) < 4.78 is 16.4. The Labute approximate surface area is 166 Å². The Morgan fingerprint density at radius 3 is 2.66 bits per heavy atom. The van der Waals surface area contributed by atoms with E-state index in [0.29, 0.717) is 12.1 Å². The number of nitrogens with zero attached hydrogens (tertiary/aromatic N) is 4. The molecule has 2 amide bonds. The second-order valence-corrected chi connectivity index (χ2v) is 6.66. The van der Waals surface area contributed by atoms with E-state index in [4.69, 9.17) is 11.5 Å². The lowest BCUT2D eigenvalue weighted by Crippen LogP contribution is -2.43. The number of hydrogen-bond donors (Lipinski definition) is 3. The summed E-state index contributed by atoms with van der Waals surface area (Å²) in [4.78, 5) is 29.1. The van der Waals surface area contributed by atoms with Gasteiger partial charge in [0.2, 0.25) is 5.91 Å². The van der Waals surface area contributed by atoms with E-state index in [2.05, 4.69) is 15.4 Å². The maximum absolute atomic E-state index is 14.6. The summed E-state index contributed by atoms with van der Waals surface area (Å²) in [6.45, 7) is 1.75. The topological polar surface area (TPSA) is 132 Å². The number of anilines is 3. The van der Waals surface area contributed by atoms with Crippen LogP contribution < -0.4 is 21.7 Å². The van der Waals surface area contributed by atoms with E-state index in [1.54, 1.807) is 23.9 Å². The second-order valence-electron chi connectivity index (χ2n) is 6.66. The van der Waals surface area contributed by atoms with Crippen molar-refractivity contribution in [2.45, 2.75) is 19.4 Å². The van der Waals surface area contributed by atoms with Crippen LogP contribution in [0.4, 0.5) is 21.7 Å². The Morgan fingerprint density at radius 2 is 2.03 bits per heavy atom. The van der Waals surface area contributed by atoms with Crippen molar-refractivity contribution in [3.8, 4) is 0 Å². The number of amides is 2. The summed E-state index contributed by atoms with van der Waals surface area (Å²) in [7, 11) is 3.34. The highest BCUT2D eigenvalue weighted by molar-refractivity contribution is 5.99. The number of nitrogens with two attached hydrogens (primary N) is 2. The van der Waals surface area contributed by atoms with Crippen LogP contribution in [0.15, 0.2) is 30.5 Å². The number of benzene rings is 1. The molecule has 5 N–H and O–H groups in total. The van der Waals surface area contributed by atoms with E-state index in [0.717, 1.165) is 17.0 Å². The van der Waals surface area contributed by atoms with Gasteiger partial charge in [-0.1, -0.05) is 6.92 Å². The summed E-state index contributed by atoms with van der Waals surface area (Å²) in [5, 5.41) is 8.06. The van der Waals surface area contributed by atoms with E-state index in [1.165, 1.54) is 11.9 Å². The van der Waals surface area contributed by atoms with E-state index in [1.807, 2.05) is 19.2 Å². The number of carbonyl (C=O) groups excluding carboxylic acids is 2. The molecule has 1 atom stereocenters. The van der Waals surface area contributed by atoms with E-state index >= 15 is 0 Å². The van der Waals surface area contributed by atoms with Crippen LogP contribution >= 0.6 is 0 Å². The zero-order valence-electron chi connectivity index (χ0n) is 16.3. The molecule has 3 rings (SSSR count). The van der Waals surface area contributed by atoms with Crippen molar-refractivity contribution in [1.29, 1.82) is 0 Å². The Bertz CT molecular complexity index is 1100. The normalized spacial score (nSPS) is 12.0. The molecule has 29 heavy (non-hydrogen) atoms. The van der Waals surface area contributed by atoms with Gasteiger partial charge in [-0.15, -0.1) is 0 Å². The number of likely N-dealkylation sites (N-methyl/N-ethyl adjacent to an activating group) is 1. The second kappa shape index (κ2) is 7.74. The monoisotopic (exact) mass is 399 g/mol. The Balaban J connectivity index is 2.05. The maximum atomic E-state index is 14.6. The number of nitrogens with one attached hydrogen (secondary N) is 1. The number of primary amides is 2. The Kier molecular flexibility index (Phi) is 5.35. The third-order valence-electron chi connectivity index (χ3n) is 4.75. The van der Waals surface area contributed by atoms with Crippen molar-refractivity contribution >= 4 is 40.0 Å². The maximum Gasteiger partial charge on any atom is 0.252 e. The molecular formula is C19H22FN7O2. The fourth-order valence-corrected chi connectivity index (χ4v) is 3.20. The highest BCUT2D eigenvalue weighted by Gasteiger charge is 2.25. The van der Waals surface area contributed by atoms with E-state index < -0.39 is 23.7 Å². The average Bonchev–Trinajstić information content (AvgIpc) is 3.03. The molecule has 2 heterocycles. The van der Waals surface area contributed by atoms with Crippen LogP contribution in [-0.4, -0.2) is 39.7 Å². The van der Waals surface area contributed by atoms with Crippen LogP contribution in [0, 0.1) is 5.82 Å². The van der Waals surface area contributed by atoms with Crippen LogP contribution in [0.2, 0.25) is 0 Å². The minimum absolute atomic E-state index is 0.0725. The molecule has 3 aromatic rings. The standard InChI is InChI=1S/C19H22FN7O2/c1-4-14(17(22)29)26(2)19-13(20)8-12(16(21)28)18(25-19)24-11-5-6-15-10(7-11)9-23-27(15)3/h5-9,14H,4H2,1-3H3,(H2,21,28)(H2,22,29)(H,24,25). The van der Waals surface area contributed by atoms with Gasteiger partial charge in [0, 0.05) is 25.2 Å².